The summed E-state index contributed by atoms with van der Waals surface area (Å²) in [7, 11) is 0. The van der Waals surface area contributed by atoms with Gasteiger partial charge < -0.3 is 10.1 Å². The van der Waals surface area contributed by atoms with E-state index in [2.05, 4.69) is 10.6 Å². The summed E-state index contributed by atoms with van der Waals surface area (Å²) in [5.74, 6) is -2.41. The van der Waals surface area contributed by atoms with E-state index in [4.69, 9.17) is 4.74 Å². The molecule has 9 heteroatoms. The fourth-order valence-corrected chi connectivity index (χ4v) is 3.41. The van der Waals surface area contributed by atoms with E-state index in [-0.39, 0.29) is 36.6 Å². The van der Waals surface area contributed by atoms with Gasteiger partial charge in [0.1, 0.15) is 0 Å². The van der Waals surface area contributed by atoms with Crippen LogP contribution < -0.4 is 10.6 Å². The number of carbonyl (C=O) groups excluding carboxylic acids is 5. The van der Waals surface area contributed by atoms with Crippen molar-refractivity contribution in [1.82, 2.24) is 15.5 Å². The molecule has 0 aromatic heterocycles. The summed E-state index contributed by atoms with van der Waals surface area (Å²) in [4.78, 5) is 60.7. The number of likely N-dealkylation sites (tertiary alicyclic amines) is 1. The minimum absolute atomic E-state index is 0.0460. The molecule has 2 N–H and O–H groups in total. The summed E-state index contributed by atoms with van der Waals surface area (Å²) in [5, 5.41) is 4.59. The van der Waals surface area contributed by atoms with E-state index in [0.29, 0.717) is 12.8 Å². The standard InChI is InChI=1S/C18H27N3O6/c1-18(2,3)20-17(26)19-13(22)10-27-14(23)8-9-21-15(24)11-6-4-5-7-12(11)16(21)25/h11-12H,4-10H2,1-3H3,(H2,19,20,22,26)/t11-,12-/m1/s1. The van der Waals surface area contributed by atoms with Gasteiger partial charge >= 0.3 is 12.0 Å². The third-order valence-corrected chi connectivity index (χ3v) is 4.58. The van der Waals surface area contributed by atoms with E-state index in [9.17, 15) is 24.0 Å². The first kappa shape index (κ1) is 20.9. The Kier molecular flexibility index (Phi) is 6.56. The van der Waals surface area contributed by atoms with Gasteiger partial charge in [-0.3, -0.25) is 29.4 Å². The number of amides is 5. The molecule has 1 heterocycles. The SMILES string of the molecule is CC(C)(C)NC(=O)NC(=O)COC(=O)CCN1C(=O)[C@@H]2CCCC[C@H]2C1=O. The summed E-state index contributed by atoms with van der Waals surface area (Å²) in [5.41, 5.74) is -0.507. The predicted octanol–water partition coefficient (Wildman–Crippen LogP) is 0.719. The Morgan fingerprint density at radius 1 is 1.07 bits per heavy atom. The Morgan fingerprint density at radius 3 is 2.15 bits per heavy atom. The first-order chi connectivity index (χ1) is 12.6. The molecule has 0 radical (unpaired) electrons. The number of nitrogens with one attached hydrogen (secondary N) is 2. The van der Waals surface area contributed by atoms with E-state index in [1.54, 1.807) is 20.8 Å². The van der Waals surface area contributed by atoms with Crippen LogP contribution in [0.2, 0.25) is 0 Å². The first-order valence-corrected chi connectivity index (χ1v) is 9.21. The average molecular weight is 381 g/mol. The van der Waals surface area contributed by atoms with Gasteiger partial charge in [0.25, 0.3) is 5.91 Å². The highest BCUT2D eigenvalue weighted by Gasteiger charge is 2.47. The molecule has 0 aromatic carbocycles. The normalized spacial score (nSPS) is 22.3. The van der Waals surface area contributed by atoms with Crippen molar-refractivity contribution in [3.05, 3.63) is 0 Å². The van der Waals surface area contributed by atoms with Crippen LogP contribution in [0.1, 0.15) is 52.9 Å². The van der Waals surface area contributed by atoms with Crippen molar-refractivity contribution in [2.45, 2.75) is 58.4 Å². The molecular weight excluding hydrogens is 354 g/mol. The monoisotopic (exact) mass is 381 g/mol. The van der Waals surface area contributed by atoms with Gasteiger partial charge in [-0.1, -0.05) is 12.8 Å². The van der Waals surface area contributed by atoms with Crippen molar-refractivity contribution in [3.63, 3.8) is 0 Å². The molecule has 2 rings (SSSR count). The summed E-state index contributed by atoms with van der Waals surface area (Å²) < 4.78 is 4.80. The van der Waals surface area contributed by atoms with E-state index in [1.807, 2.05) is 0 Å². The second-order valence-electron chi connectivity index (χ2n) is 7.99. The van der Waals surface area contributed by atoms with Crippen molar-refractivity contribution in [3.8, 4) is 0 Å². The van der Waals surface area contributed by atoms with Crippen LogP contribution in [-0.2, 0) is 23.9 Å². The first-order valence-electron chi connectivity index (χ1n) is 9.21. The molecule has 2 atom stereocenters. The minimum Gasteiger partial charge on any atom is -0.456 e. The molecule has 1 saturated carbocycles. The number of fused-ring (bicyclic) bond motifs is 1. The second-order valence-corrected chi connectivity index (χ2v) is 7.99. The van der Waals surface area contributed by atoms with Gasteiger partial charge in [-0.05, 0) is 33.6 Å². The topological polar surface area (TPSA) is 122 Å². The van der Waals surface area contributed by atoms with Crippen LogP contribution in [-0.4, -0.2) is 53.3 Å². The maximum absolute atomic E-state index is 12.3. The number of hydrogen-bond donors (Lipinski definition) is 2. The molecule has 0 bridgehead atoms. The maximum Gasteiger partial charge on any atom is 0.321 e. The van der Waals surface area contributed by atoms with E-state index >= 15 is 0 Å². The van der Waals surface area contributed by atoms with Crippen LogP contribution in [0.4, 0.5) is 4.79 Å². The Labute approximate surface area is 158 Å². The largest absolute Gasteiger partial charge is 0.456 e. The lowest BCUT2D eigenvalue weighted by molar-refractivity contribution is -0.149. The van der Waals surface area contributed by atoms with Crippen molar-refractivity contribution in [1.29, 1.82) is 0 Å². The Bertz CT molecular complexity index is 615. The molecule has 0 spiro atoms. The van der Waals surface area contributed by atoms with Crippen LogP contribution in [0.25, 0.3) is 0 Å². The summed E-state index contributed by atoms with van der Waals surface area (Å²) in [6, 6.07) is -0.681. The number of rotatable bonds is 5. The molecule has 2 aliphatic rings. The third-order valence-electron chi connectivity index (χ3n) is 4.58. The molecule has 2 fully saturated rings. The molecular formula is C18H27N3O6. The third kappa shape index (κ3) is 5.77. The predicted molar refractivity (Wildman–Crippen MR) is 94.2 cm³/mol. The Hall–Kier alpha value is -2.45. The number of nitrogens with zero attached hydrogens (tertiary/aromatic N) is 1. The fourth-order valence-electron chi connectivity index (χ4n) is 3.41. The van der Waals surface area contributed by atoms with E-state index in [0.717, 1.165) is 17.7 Å². The van der Waals surface area contributed by atoms with Gasteiger partial charge in [0.05, 0.1) is 18.3 Å². The maximum atomic E-state index is 12.3. The van der Waals surface area contributed by atoms with E-state index in [1.165, 1.54) is 0 Å². The molecule has 1 aliphatic carbocycles. The van der Waals surface area contributed by atoms with Crippen LogP contribution in [0.15, 0.2) is 0 Å². The zero-order valence-corrected chi connectivity index (χ0v) is 16.0. The van der Waals surface area contributed by atoms with Gasteiger partial charge in [0.15, 0.2) is 6.61 Å². The lowest BCUT2D eigenvalue weighted by atomic mass is 9.81. The number of carbonyl (C=O) groups is 5. The lowest BCUT2D eigenvalue weighted by Crippen LogP contribution is -2.49. The number of ether oxygens (including phenoxy) is 1. The molecule has 1 aliphatic heterocycles. The highest BCUT2D eigenvalue weighted by Crippen LogP contribution is 2.37. The molecule has 5 amide bonds. The van der Waals surface area contributed by atoms with Crippen molar-refractivity contribution in [2.24, 2.45) is 11.8 Å². The minimum atomic E-state index is -0.760. The van der Waals surface area contributed by atoms with Gasteiger partial charge in [0.2, 0.25) is 11.8 Å². The Morgan fingerprint density at radius 2 is 1.63 bits per heavy atom. The zero-order chi connectivity index (χ0) is 20.2. The van der Waals surface area contributed by atoms with Crippen LogP contribution in [0.5, 0.6) is 0 Å². The zero-order valence-electron chi connectivity index (χ0n) is 16.0. The molecule has 1 saturated heterocycles. The van der Waals surface area contributed by atoms with Gasteiger partial charge in [-0.15, -0.1) is 0 Å². The summed E-state index contributed by atoms with van der Waals surface area (Å²) in [6.07, 6.45) is 3.13. The average Bonchev–Trinajstić information content (AvgIpc) is 2.81. The number of imide groups is 2. The van der Waals surface area contributed by atoms with Crippen LogP contribution in [0.3, 0.4) is 0 Å². The van der Waals surface area contributed by atoms with Gasteiger partial charge in [-0.2, -0.15) is 0 Å². The molecule has 150 valence electrons. The van der Waals surface area contributed by atoms with Crippen LogP contribution >= 0.6 is 0 Å². The molecule has 9 nitrogen and oxygen atoms in total. The van der Waals surface area contributed by atoms with Crippen molar-refractivity contribution < 1.29 is 28.7 Å². The molecule has 0 aromatic rings. The lowest BCUT2D eigenvalue weighted by Gasteiger charge is -2.20. The van der Waals surface area contributed by atoms with Crippen molar-refractivity contribution >= 4 is 29.7 Å². The number of urea groups is 1. The van der Waals surface area contributed by atoms with E-state index < -0.39 is 30.1 Å². The quantitative estimate of drug-likeness (QED) is 0.534. The highest BCUT2D eigenvalue weighted by atomic mass is 16.5. The van der Waals surface area contributed by atoms with Gasteiger partial charge in [-0.25, -0.2) is 4.79 Å². The number of hydrogen-bond acceptors (Lipinski definition) is 6. The smallest absolute Gasteiger partial charge is 0.321 e. The fraction of sp³-hybridized carbons (Fsp3) is 0.722. The number of esters is 1. The second kappa shape index (κ2) is 8.49. The van der Waals surface area contributed by atoms with Crippen molar-refractivity contribution in [2.75, 3.05) is 13.2 Å². The van der Waals surface area contributed by atoms with Crippen LogP contribution in [0, 0.1) is 11.8 Å². The summed E-state index contributed by atoms with van der Waals surface area (Å²) in [6.45, 7) is 4.62. The molecule has 27 heavy (non-hydrogen) atoms. The summed E-state index contributed by atoms with van der Waals surface area (Å²) >= 11 is 0. The van der Waals surface area contributed by atoms with Gasteiger partial charge in [0, 0.05) is 12.1 Å². The molecule has 0 unspecified atom stereocenters. The Balaban J connectivity index is 1.72. The highest BCUT2D eigenvalue weighted by molar-refractivity contribution is 6.05.